The first-order valence-electron chi connectivity index (χ1n) is 7.99. The lowest BCUT2D eigenvalue weighted by Gasteiger charge is -2.41. The molecule has 1 heterocycles. The zero-order valence-electron chi connectivity index (χ0n) is 13.8. The standard InChI is InChI=1S/C20H20O5/c1-24-19(22)17-12-16(14-8-4-2-5-9-14)20(23,13-25-17)18(21)15-10-6-3-7-11-15/h2-12,16,18,21,23H,13H2,1H3/t16-,18-,20+/m0/s1. The van der Waals surface area contributed by atoms with Crippen molar-refractivity contribution in [3.8, 4) is 0 Å². The number of aliphatic hydroxyl groups excluding tert-OH is 1. The molecule has 0 saturated carbocycles. The molecule has 2 N–H and O–H groups in total. The topological polar surface area (TPSA) is 76.0 Å². The van der Waals surface area contributed by atoms with E-state index in [0.717, 1.165) is 5.56 Å². The van der Waals surface area contributed by atoms with Crippen molar-refractivity contribution in [2.24, 2.45) is 0 Å². The average molecular weight is 340 g/mol. The molecule has 130 valence electrons. The van der Waals surface area contributed by atoms with Gasteiger partial charge in [0.15, 0.2) is 0 Å². The van der Waals surface area contributed by atoms with E-state index < -0.39 is 23.6 Å². The Kier molecular flexibility index (Phi) is 4.88. The van der Waals surface area contributed by atoms with Crippen molar-refractivity contribution in [2.75, 3.05) is 13.7 Å². The van der Waals surface area contributed by atoms with Gasteiger partial charge in [0.2, 0.25) is 5.76 Å². The number of carbonyl (C=O) groups is 1. The van der Waals surface area contributed by atoms with Gasteiger partial charge in [-0.25, -0.2) is 4.79 Å². The molecule has 0 fully saturated rings. The molecule has 0 bridgehead atoms. The molecule has 3 atom stereocenters. The van der Waals surface area contributed by atoms with Gasteiger partial charge in [-0.2, -0.15) is 0 Å². The van der Waals surface area contributed by atoms with Gasteiger partial charge in [0.1, 0.15) is 18.3 Å². The van der Waals surface area contributed by atoms with E-state index in [1.165, 1.54) is 13.2 Å². The van der Waals surface area contributed by atoms with E-state index in [2.05, 4.69) is 0 Å². The maximum atomic E-state index is 11.8. The molecule has 5 nitrogen and oxygen atoms in total. The summed E-state index contributed by atoms with van der Waals surface area (Å²) in [4.78, 5) is 11.8. The molecular weight excluding hydrogens is 320 g/mol. The molecule has 1 aliphatic heterocycles. The number of esters is 1. The molecule has 0 saturated heterocycles. The fourth-order valence-electron chi connectivity index (χ4n) is 3.07. The van der Waals surface area contributed by atoms with E-state index in [9.17, 15) is 15.0 Å². The number of ether oxygens (including phenoxy) is 2. The summed E-state index contributed by atoms with van der Waals surface area (Å²) in [5, 5.41) is 22.1. The molecule has 1 aliphatic rings. The molecule has 5 heteroatoms. The third-order valence-corrected chi connectivity index (χ3v) is 4.45. The van der Waals surface area contributed by atoms with Gasteiger partial charge in [-0.15, -0.1) is 0 Å². The molecule has 0 amide bonds. The highest BCUT2D eigenvalue weighted by atomic mass is 16.6. The quantitative estimate of drug-likeness (QED) is 0.836. The number of hydrogen-bond donors (Lipinski definition) is 2. The Hall–Kier alpha value is -2.63. The molecule has 2 aromatic rings. The smallest absolute Gasteiger partial charge is 0.372 e. The van der Waals surface area contributed by atoms with Crippen LogP contribution in [-0.2, 0) is 14.3 Å². The van der Waals surface area contributed by atoms with Crippen LogP contribution in [0.25, 0.3) is 0 Å². The highest BCUT2D eigenvalue weighted by Gasteiger charge is 2.48. The van der Waals surface area contributed by atoms with E-state index in [0.29, 0.717) is 5.56 Å². The average Bonchev–Trinajstić information content (AvgIpc) is 2.68. The minimum atomic E-state index is -1.62. The normalized spacial score (nSPS) is 24.0. The Morgan fingerprint density at radius 1 is 1.16 bits per heavy atom. The van der Waals surface area contributed by atoms with Crippen molar-refractivity contribution < 1.29 is 24.5 Å². The Balaban J connectivity index is 2.05. The Morgan fingerprint density at radius 3 is 2.36 bits per heavy atom. The maximum absolute atomic E-state index is 11.8. The van der Waals surface area contributed by atoms with E-state index in [4.69, 9.17) is 9.47 Å². The summed E-state index contributed by atoms with van der Waals surface area (Å²) in [5.41, 5.74) is -0.283. The number of hydrogen-bond acceptors (Lipinski definition) is 5. The highest BCUT2D eigenvalue weighted by Crippen LogP contribution is 2.43. The van der Waals surface area contributed by atoms with Crippen molar-refractivity contribution in [3.63, 3.8) is 0 Å². The predicted octanol–water partition coefficient (Wildman–Crippen LogP) is 2.32. The summed E-state index contributed by atoms with van der Waals surface area (Å²) < 4.78 is 10.1. The van der Waals surface area contributed by atoms with Crippen LogP contribution < -0.4 is 0 Å². The molecular formula is C20H20O5. The lowest BCUT2D eigenvalue weighted by Crippen LogP contribution is -2.48. The van der Waals surface area contributed by atoms with Gasteiger partial charge in [-0.1, -0.05) is 60.7 Å². The van der Waals surface area contributed by atoms with Crippen LogP contribution in [0.15, 0.2) is 72.5 Å². The Bertz CT molecular complexity index is 756. The molecule has 0 unspecified atom stereocenters. The molecule has 3 rings (SSSR count). The Morgan fingerprint density at radius 2 is 1.76 bits per heavy atom. The second-order valence-corrected chi connectivity index (χ2v) is 6.00. The van der Waals surface area contributed by atoms with Crippen LogP contribution in [0.4, 0.5) is 0 Å². The zero-order chi connectivity index (χ0) is 17.9. The van der Waals surface area contributed by atoms with Crippen molar-refractivity contribution >= 4 is 5.97 Å². The van der Waals surface area contributed by atoms with Gasteiger partial charge in [0, 0.05) is 5.92 Å². The Labute approximate surface area is 146 Å². The van der Waals surface area contributed by atoms with E-state index in [1.807, 2.05) is 36.4 Å². The van der Waals surface area contributed by atoms with Crippen molar-refractivity contribution in [3.05, 3.63) is 83.6 Å². The summed E-state index contributed by atoms with van der Waals surface area (Å²) in [6, 6.07) is 18.1. The lowest BCUT2D eigenvalue weighted by molar-refractivity contribution is -0.152. The maximum Gasteiger partial charge on any atom is 0.372 e. The number of rotatable bonds is 4. The second kappa shape index (κ2) is 7.09. The first-order valence-corrected chi connectivity index (χ1v) is 7.99. The van der Waals surface area contributed by atoms with Gasteiger partial charge >= 0.3 is 5.97 Å². The number of benzene rings is 2. The minimum absolute atomic E-state index is 0.0290. The first-order chi connectivity index (χ1) is 12.1. The fraction of sp³-hybridized carbons (Fsp3) is 0.250. The summed E-state index contributed by atoms with van der Waals surface area (Å²) in [7, 11) is 1.27. The summed E-state index contributed by atoms with van der Waals surface area (Å²) in [6.07, 6.45) is 0.325. The summed E-state index contributed by atoms with van der Waals surface area (Å²) in [5.74, 6) is -1.22. The minimum Gasteiger partial charge on any atom is -0.484 e. The van der Waals surface area contributed by atoms with E-state index in [1.54, 1.807) is 24.3 Å². The van der Waals surface area contributed by atoms with Crippen molar-refractivity contribution in [2.45, 2.75) is 17.6 Å². The monoisotopic (exact) mass is 340 g/mol. The van der Waals surface area contributed by atoms with Crippen LogP contribution in [0, 0.1) is 0 Å². The third-order valence-electron chi connectivity index (χ3n) is 4.45. The lowest BCUT2D eigenvalue weighted by atomic mass is 9.75. The number of aliphatic hydroxyl groups is 2. The van der Waals surface area contributed by atoms with Gasteiger partial charge in [0.05, 0.1) is 7.11 Å². The SMILES string of the molecule is COC(=O)C1=C[C@@H](c2ccccc2)[C@@](O)([C@@H](O)c2ccccc2)CO1. The van der Waals surface area contributed by atoms with Crippen LogP contribution in [0.1, 0.15) is 23.1 Å². The number of methoxy groups -OCH3 is 1. The number of carbonyl (C=O) groups excluding carboxylic acids is 1. The molecule has 2 aromatic carbocycles. The predicted molar refractivity (Wildman–Crippen MR) is 91.6 cm³/mol. The fourth-order valence-corrected chi connectivity index (χ4v) is 3.07. The molecule has 0 aliphatic carbocycles. The summed E-state index contributed by atoms with van der Waals surface area (Å²) >= 11 is 0. The van der Waals surface area contributed by atoms with Gasteiger partial charge in [0.25, 0.3) is 0 Å². The van der Waals surface area contributed by atoms with Crippen LogP contribution >= 0.6 is 0 Å². The summed E-state index contributed by atoms with van der Waals surface area (Å²) in [6.45, 7) is -0.233. The molecule has 0 aromatic heterocycles. The van der Waals surface area contributed by atoms with E-state index in [-0.39, 0.29) is 12.4 Å². The van der Waals surface area contributed by atoms with Crippen LogP contribution in [-0.4, -0.2) is 35.5 Å². The van der Waals surface area contributed by atoms with Crippen LogP contribution in [0.2, 0.25) is 0 Å². The zero-order valence-corrected chi connectivity index (χ0v) is 13.8. The highest BCUT2D eigenvalue weighted by molar-refractivity contribution is 5.86. The van der Waals surface area contributed by atoms with Gasteiger partial charge in [-0.3, -0.25) is 0 Å². The van der Waals surface area contributed by atoms with Crippen molar-refractivity contribution in [1.82, 2.24) is 0 Å². The molecule has 25 heavy (non-hydrogen) atoms. The van der Waals surface area contributed by atoms with Gasteiger partial charge in [-0.05, 0) is 17.2 Å². The molecule has 0 spiro atoms. The first kappa shape index (κ1) is 17.2. The van der Waals surface area contributed by atoms with Gasteiger partial charge < -0.3 is 19.7 Å². The second-order valence-electron chi connectivity index (χ2n) is 6.00. The van der Waals surface area contributed by atoms with Crippen molar-refractivity contribution in [1.29, 1.82) is 0 Å². The largest absolute Gasteiger partial charge is 0.484 e. The molecule has 0 radical (unpaired) electrons. The van der Waals surface area contributed by atoms with Crippen LogP contribution in [0.5, 0.6) is 0 Å². The van der Waals surface area contributed by atoms with Crippen LogP contribution in [0.3, 0.4) is 0 Å². The van der Waals surface area contributed by atoms with E-state index >= 15 is 0 Å². The third kappa shape index (κ3) is 3.29.